The lowest BCUT2D eigenvalue weighted by Crippen LogP contribution is -2.63. The van der Waals surface area contributed by atoms with Crippen LogP contribution in [-0.4, -0.2) is 29.4 Å². The first-order valence-electron chi connectivity index (χ1n) is 9.37. The van der Waals surface area contributed by atoms with Crippen LogP contribution in [0.25, 0.3) is 11.1 Å². The Morgan fingerprint density at radius 1 is 1.04 bits per heavy atom. The number of rotatable bonds is 3. The largest absolute Gasteiger partial charge is 0.353 e. The van der Waals surface area contributed by atoms with Gasteiger partial charge in [0.25, 0.3) is 0 Å². The van der Waals surface area contributed by atoms with Crippen LogP contribution in [0.2, 0.25) is 0 Å². The van der Waals surface area contributed by atoms with Crippen LogP contribution in [0.15, 0.2) is 48.5 Å². The lowest BCUT2D eigenvalue weighted by atomic mass is 9.91. The maximum Gasteiger partial charge on any atom is 0.240 e. The molecule has 130 valence electrons. The van der Waals surface area contributed by atoms with Crippen LogP contribution in [-0.2, 0) is 11.3 Å². The van der Waals surface area contributed by atoms with Crippen molar-refractivity contribution in [3.8, 4) is 11.1 Å². The van der Waals surface area contributed by atoms with Crippen LogP contribution >= 0.6 is 0 Å². The van der Waals surface area contributed by atoms with E-state index in [1.807, 2.05) is 0 Å². The van der Waals surface area contributed by atoms with Crippen molar-refractivity contribution in [2.45, 2.75) is 44.7 Å². The number of amides is 1. The average Bonchev–Trinajstić information content (AvgIpc) is 3.11. The number of hydrogen-bond acceptors (Lipinski definition) is 2. The van der Waals surface area contributed by atoms with E-state index in [-0.39, 0.29) is 11.4 Å². The predicted molar refractivity (Wildman–Crippen MR) is 101 cm³/mol. The zero-order valence-electron chi connectivity index (χ0n) is 14.9. The minimum atomic E-state index is -0.257. The lowest BCUT2D eigenvalue weighted by molar-refractivity contribution is -0.137. The average molecular weight is 334 g/mol. The third-order valence-corrected chi connectivity index (χ3v) is 5.91. The van der Waals surface area contributed by atoms with E-state index in [1.54, 1.807) is 0 Å². The van der Waals surface area contributed by atoms with E-state index in [2.05, 4.69) is 65.7 Å². The third-order valence-electron chi connectivity index (χ3n) is 5.91. The van der Waals surface area contributed by atoms with E-state index in [0.717, 1.165) is 45.3 Å². The van der Waals surface area contributed by atoms with Crippen molar-refractivity contribution < 1.29 is 4.79 Å². The quantitative estimate of drug-likeness (QED) is 0.923. The fourth-order valence-corrected chi connectivity index (χ4v) is 4.47. The molecular formula is C22H26N2O. The number of benzene rings is 2. The minimum Gasteiger partial charge on any atom is -0.353 e. The van der Waals surface area contributed by atoms with Gasteiger partial charge in [-0.05, 0) is 42.0 Å². The molecule has 3 nitrogen and oxygen atoms in total. The first-order chi connectivity index (χ1) is 12.2. The van der Waals surface area contributed by atoms with Crippen molar-refractivity contribution in [3.05, 3.63) is 59.7 Å². The second-order valence-corrected chi connectivity index (χ2v) is 7.43. The zero-order chi connectivity index (χ0) is 17.3. The van der Waals surface area contributed by atoms with Crippen molar-refractivity contribution in [2.24, 2.45) is 0 Å². The topological polar surface area (TPSA) is 32.3 Å². The molecule has 1 aliphatic carbocycles. The number of hydrogen-bond donors (Lipinski definition) is 1. The summed E-state index contributed by atoms with van der Waals surface area (Å²) in [5, 5.41) is 3.09. The number of piperazine rings is 1. The number of carbonyl (C=O) groups is 1. The first kappa shape index (κ1) is 16.3. The molecule has 1 aliphatic heterocycles. The molecule has 1 saturated heterocycles. The maximum atomic E-state index is 12.5. The normalized spacial score (nSPS) is 20.0. The Hall–Kier alpha value is -2.13. The second kappa shape index (κ2) is 6.64. The number of aryl methyl sites for hydroxylation is 1. The fourth-order valence-electron chi connectivity index (χ4n) is 4.47. The summed E-state index contributed by atoms with van der Waals surface area (Å²) in [6.45, 7) is 4.73. The van der Waals surface area contributed by atoms with E-state index in [1.165, 1.54) is 22.3 Å². The van der Waals surface area contributed by atoms with Crippen LogP contribution in [0.3, 0.4) is 0 Å². The standard InChI is InChI=1S/C22H26N2O/c1-17-6-2-3-7-20(17)19-10-8-18(9-11-19)16-24-15-14-23-21(25)22(24)12-4-5-13-22/h2-3,6-11H,4-5,12-16H2,1H3,(H,23,25). The van der Waals surface area contributed by atoms with Crippen molar-refractivity contribution in [1.82, 2.24) is 10.2 Å². The van der Waals surface area contributed by atoms with Gasteiger partial charge in [-0.3, -0.25) is 9.69 Å². The van der Waals surface area contributed by atoms with Gasteiger partial charge in [0, 0.05) is 19.6 Å². The van der Waals surface area contributed by atoms with Crippen LogP contribution in [0, 0.1) is 6.92 Å². The van der Waals surface area contributed by atoms with Gasteiger partial charge in [0.1, 0.15) is 5.54 Å². The number of nitrogens with zero attached hydrogens (tertiary/aromatic N) is 1. The van der Waals surface area contributed by atoms with Crippen molar-refractivity contribution in [1.29, 1.82) is 0 Å². The smallest absolute Gasteiger partial charge is 0.240 e. The van der Waals surface area contributed by atoms with Gasteiger partial charge in [-0.25, -0.2) is 0 Å². The van der Waals surface area contributed by atoms with Gasteiger partial charge in [0.2, 0.25) is 5.91 Å². The molecule has 0 aromatic heterocycles. The molecule has 2 aliphatic rings. The lowest BCUT2D eigenvalue weighted by Gasteiger charge is -2.43. The third kappa shape index (κ3) is 2.98. The molecule has 2 fully saturated rings. The summed E-state index contributed by atoms with van der Waals surface area (Å²) >= 11 is 0. The second-order valence-electron chi connectivity index (χ2n) is 7.43. The summed E-state index contributed by atoms with van der Waals surface area (Å²) in [4.78, 5) is 15.0. The van der Waals surface area contributed by atoms with Gasteiger partial charge >= 0.3 is 0 Å². The Balaban J connectivity index is 1.55. The molecule has 3 heteroatoms. The first-order valence-corrected chi connectivity index (χ1v) is 9.37. The van der Waals surface area contributed by atoms with Gasteiger partial charge in [-0.15, -0.1) is 0 Å². The molecule has 2 aromatic carbocycles. The molecule has 0 atom stereocenters. The highest BCUT2D eigenvalue weighted by Gasteiger charge is 2.47. The molecule has 0 unspecified atom stereocenters. The van der Waals surface area contributed by atoms with E-state index in [4.69, 9.17) is 0 Å². The Kier molecular flexibility index (Phi) is 4.34. The van der Waals surface area contributed by atoms with E-state index >= 15 is 0 Å². The van der Waals surface area contributed by atoms with E-state index < -0.39 is 0 Å². The summed E-state index contributed by atoms with van der Waals surface area (Å²) in [5.74, 6) is 0.243. The molecule has 25 heavy (non-hydrogen) atoms. The zero-order valence-corrected chi connectivity index (χ0v) is 14.9. The summed E-state index contributed by atoms with van der Waals surface area (Å²) in [6, 6.07) is 17.4. The highest BCUT2D eigenvalue weighted by atomic mass is 16.2. The monoisotopic (exact) mass is 334 g/mol. The van der Waals surface area contributed by atoms with E-state index in [9.17, 15) is 4.79 Å². The molecule has 0 bridgehead atoms. The molecule has 1 heterocycles. The Bertz CT molecular complexity index is 760. The SMILES string of the molecule is Cc1ccccc1-c1ccc(CN2CCNC(=O)C23CCCC3)cc1. The Labute approximate surface area is 150 Å². The Morgan fingerprint density at radius 3 is 2.48 bits per heavy atom. The molecule has 1 spiro atoms. The summed E-state index contributed by atoms with van der Waals surface area (Å²) in [7, 11) is 0. The summed E-state index contributed by atoms with van der Waals surface area (Å²) < 4.78 is 0. The van der Waals surface area contributed by atoms with Crippen LogP contribution in [0.4, 0.5) is 0 Å². The molecule has 1 N–H and O–H groups in total. The predicted octanol–water partition coefficient (Wildman–Crippen LogP) is 3.91. The highest BCUT2D eigenvalue weighted by Crippen LogP contribution is 2.37. The minimum absolute atomic E-state index is 0.243. The van der Waals surface area contributed by atoms with E-state index in [0.29, 0.717) is 0 Å². The van der Waals surface area contributed by atoms with Crippen LogP contribution < -0.4 is 5.32 Å². The van der Waals surface area contributed by atoms with Crippen molar-refractivity contribution in [3.63, 3.8) is 0 Å². The molecule has 4 rings (SSSR count). The highest BCUT2D eigenvalue weighted by molar-refractivity contribution is 5.87. The number of carbonyl (C=O) groups excluding carboxylic acids is 1. The molecule has 1 amide bonds. The van der Waals surface area contributed by atoms with Gasteiger partial charge in [-0.2, -0.15) is 0 Å². The van der Waals surface area contributed by atoms with Gasteiger partial charge in [0.05, 0.1) is 0 Å². The van der Waals surface area contributed by atoms with Gasteiger partial charge in [-0.1, -0.05) is 61.4 Å². The Morgan fingerprint density at radius 2 is 1.76 bits per heavy atom. The molecule has 2 aromatic rings. The fraction of sp³-hybridized carbons (Fsp3) is 0.409. The van der Waals surface area contributed by atoms with Crippen molar-refractivity contribution in [2.75, 3.05) is 13.1 Å². The number of nitrogens with one attached hydrogen (secondary N) is 1. The van der Waals surface area contributed by atoms with Crippen LogP contribution in [0.5, 0.6) is 0 Å². The van der Waals surface area contributed by atoms with Crippen LogP contribution in [0.1, 0.15) is 36.8 Å². The van der Waals surface area contributed by atoms with Gasteiger partial charge < -0.3 is 5.32 Å². The molecule has 1 saturated carbocycles. The van der Waals surface area contributed by atoms with Gasteiger partial charge in [0.15, 0.2) is 0 Å². The summed E-state index contributed by atoms with van der Waals surface area (Å²) in [6.07, 6.45) is 4.33. The van der Waals surface area contributed by atoms with Crippen molar-refractivity contribution >= 4 is 5.91 Å². The maximum absolute atomic E-state index is 12.5. The summed E-state index contributed by atoms with van der Waals surface area (Å²) in [5.41, 5.74) is 4.88. The molecule has 0 radical (unpaired) electrons. The molecular weight excluding hydrogens is 308 g/mol.